The first-order valence-corrected chi connectivity index (χ1v) is 3.90. The Kier molecular flexibility index (Phi) is 6.14. The van der Waals surface area contributed by atoms with Crippen LogP contribution in [0.5, 0.6) is 0 Å². The normalized spacial score (nSPS) is 11.6. The van der Waals surface area contributed by atoms with Gasteiger partial charge in [-0.25, -0.2) is 0 Å². The minimum Gasteiger partial charge on any atom is -0.303 e. The topological polar surface area (TPSA) is 17.1 Å². The molecule has 0 spiro atoms. The Hall–Kier alpha value is -0.590. The molecule has 0 aromatic heterocycles. The number of unbranched alkanes of at least 4 members (excludes halogenated alkanes) is 1. The second-order valence-electron chi connectivity index (χ2n) is 2.54. The van der Waals surface area contributed by atoms with Crippen LogP contribution in [0.25, 0.3) is 0 Å². The van der Waals surface area contributed by atoms with Crippen molar-refractivity contribution in [3.63, 3.8) is 0 Å². The Morgan fingerprint density at radius 1 is 1.40 bits per heavy atom. The van der Waals surface area contributed by atoms with E-state index in [1.54, 1.807) is 0 Å². The van der Waals surface area contributed by atoms with Crippen LogP contribution in [-0.4, -0.2) is 6.29 Å². The summed E-state index contributed by atoms with van der Waals surface area (Å²) in [5, 5.41) is 0. The van der Waals surface area contributed by atoms with Crippen molar-refractivity contribution in [3.05, 3.63) is 11.6 Å². The summed E-state index contributed by atoms with van der Waals surface area (Å²) in [6.07, 6.45) is 7.13. The molecule has 10 heavy (non-hydrogen) atoms. The number of carbonyl (C=O) groups excluding carboxylic acids is 1. The molecule has 0 saturated carbocycles. The Morgan fingerprint density at radius 3 is 2.60 bits per heavy atom. The van der Waals surface area contributed by atoms with E-state index in [2.05, 4.69) is 19.9 Å². The Bertz CT molecular complexity index is 114. The molecule has 0 radical (unpaired) electrons. The van der Waals surface area contributed by atoms with E-state index in [1.807, 2.05) is 0 Å². The molecule has 0 N–H and O–H groups in total. The van der Waals surface area contributed by atoms with Crippen LogP contribution < -0.4 is 0 Å². The quantitative estimate of drug-likeness (QED) is 0.424. The van der Waals surface area contributed by atoms with Gasteiger partial charge in [0.25, 0.3) is 0 Å². The lowest BCUT2D eigenvalue weighted by atomic mass is 10.1. The lowest BCUT2D eigenvalue weighted by Gasteiger charge is -1.94. The fraction of sp³-hybridized carbons (Fsp3) is 0.667. The van der Waals surface area contributed by atoms with Gasteiger partial charge in [-0.3, -0.25) is 0 Å². The van der Waals surface area contributed by atoms with Gasteiger partial charge in [-0.2, -0.15) is 0 Å². The highest BCUT2D eigenvalue weighted by molar-refractivity contribution is 5.49. The van der Waals surface area contributed by atoms with E-state index in [1.165, 1.54) is 12.0 Å². The van der Waals surface area contributed by atoms with E-state index in [9.17, 15) is 4.79 Å². The molecule has 0 aliphatic carbocycles. The number of carbonyl (C=O) groups is 1. The largest absolute Gasteiger partial charge is 0.303 e. The first kappa shape index (κ1) is 9.41. The fourth-order valence-corrected chi connectivity index (χ4v) is 0.779. The predicted octanol–water partition coefficient (Wildman–Crippen LogP) is 2.71. The molecule has 0 aromatic carbocycles. The lowest BCUT2D eigenvalue weighted by Crippen LogP contribution is -1.79. The van der Waals surface area contributed by atoms with Gasteiger partial charge < -0.3 is 4.79 Å². The summed E-state index contributed by atoms with van der Waals surface area (Å²) >= 11 is 0. The zero-order valence-corrected chi connectivity index (χ0v) is 6.89. The highest BCUT2D eigenvalue weighted by Crippen LogP contribution is 2.04. The van der Waals surface area contributed by atoms with Crippen molar-refractivity contribution >= 4 is 6.29 Å². The smallest absolute Gasteiger partial charge is 0.120 e. The van der Waals surface area contributed by atoms with Gasteiger partial charge in [-0.05, 0) is 19.8 Å². The average Bonchev–Trinajstić information content (AvgIpc) is 1.97. The van der Waals surface area contributed by atoms with Crippen molar-refractivity contribution in [1.82, 2.24) is 0 Å². The van der Waals surface area contributed by atoms with Crippen LogP contribution in [0.1, 0.15) is 39.5 Å². The summed E-state index contributed by atoms with van der Waals surface area (Å²) in [5.41, 5.74) is 1.34. The average molecular weight is 140 g/mol. The van der Waals surface area contributed by atoms with E-state index in [0.717, 1.165) is 19.1 Å². The van der Waals surface area contributed by atoms with E-state index in [0.29, 0.717) is 6.42 Å². The minimum atomic E-state index is 0.673. The molecule has 0 amide bonds. The zero-order valence-electron chi connectivity index (χ0n) is 6.89. The Labute approximate surface area is 63.1 Å². The molecule has 0 saturated heterocycles. The summed E-state index contributed by atoms with van der Waals surface area (Å²) in [5.74, 6) is 0. The van der Waals surface area contributed by atoms with Crippen molar-refractivity contribution in [1.29, 1.82) is 0 Å². The van der Waals surface area contributed by atoms with Crippen molar-refractivity contribution in [2.75, 3.05) is 0 Å². The van der Waals surface area contributed by atoms with Crippen molar-refractivity contribution in [3.8, 4) is 0 Å². The van der Waals surface area contributed by atoms with Crippen molar-refractivity contribution in [2.24, 2.45) is 0 Å². The SMILES string of the molecule is CCCC=C(C)CCC=O. The zero-order chi connectivity index (χ0) is 7.82. The van der Waals surface area contributed by atoms with Gasteiger partial charge in [0.05, 0.1) is 0 Å². The molecule has 0 atom stereocenters. The third kappa shape index (κ3) is 5.54. The fourth-order valence-electron chi connectivity index (χ4n) is 0.779. The summed E-state index contributed by atoms with van der Waals surface area (Å²) in [6, 6.07) is 0. The van der Waals surface area contributed by atoms with Crippen LogP contribution in [0, 0.1) is 0 Å². The van der Waals surface area contributed by atoms with E-state index >= 15 is 0 Å². The summed E-state index contributed by atoms with van der Waals surface area (Å²) < 4.78 is 0. The van der Waals surface area contributed by atoms with Gasteiger partial charge in [0.2, 0.25) is 0 Å². The second-order valence-corrected chi connectivity index (χ2v) is 2.54. The highest BCUT2D eigenvalue weighted by Gasteiger charge is 1.87. The third-order valence-corrected chi connectivity index (χ3v) is 1.44. The van der Waals surface area contributed by atoms with Crippen LogP contribution >= 0.6 is 0 Å². The molecule has 58 valence electrons. The number of aldehydes is 1. The molecule has 0 rings (SSSR count). The summed E-state index contributed by atoms with van der Waals surface area (Å²) in [4.78, 5) is 9.96. The molecule has 1 nitrogen and oxygen atoms in total. The number of allylic oxidation sites excluding steroid dienone is 2. The molecule has 0 aliphatic heterocycles. The van der Waals surface area contributed by atoms with E-state index in [4.69, 9.17) is 0 Å². The maximum absolute atomic E-state index is 9.96. The monoisotopic (exact) mass is 140 g/mol. The second kappa shape index (κ2) is 6.53. The molecular weight excluding hydrogens is 124 g/mol. The maximum Gasteiger partial charge on any atom is 0.120 e. The predicted molar refractivity (Wildman–Crippen MR) is 44.0 cm³/mol. The first-order valence-electron chi connectivity index (χ1n) is 3.90. The molecule has 1 heteroatoms. The van der Waals surface area contributed by atoms with Crippen molar-refractivity contribution in [2.45, 2.75) is 39.5 Å². The van der Waals surface area contributed by atoms with Gasteiger partial charge in [0.1, 0.15) is 6.29 Å². The van der Waals surface area contributed by atoms with Crippen LogP contribution in [0.3, 0.4) is 0 Å². The van der Waals surface area contributed by atoms with Crippen LogP contribution in [0.15, 0.2) is 11.6 Å². The van der Waals surface area contributed by atoms with E-state index < -0.39 is 0 Å². The van der Waals surface area contributed by atoms with Crippen molar-refractivity contribution < 1.29 is 4.79 Å². The lowest BCUT2D eigenvalue weighted by molar-refractivity contribution is -0.107. The number of hydrogen-bond donors (Lipinski definition) is 0. The number of rotatable bonds is 5. The molecule has 0 heterocycles. The van der Waals surface area contributed by atoms with Gasteiger partial charge in [-0.15, -0.1) is 0 Å². The highest BCUT2D eigenvalue weighted by atomic mass is 16.1. The van der Waals surface area contributed by atoms with Crippen LogP contribution in [0.2, 0.25) is 0 Å². The van der Waals surface area contributed by atoms with Crippen LogP contribution in [-0.2, 0) is 4.79 Å². The number of hydrogen-bond acceptors (Lipinski definition) is 1. The molecule has 0 fully saturated rings. The molecule has 0 aliphatic rings. The van der Waals surface area contributed by atoms with Gasteiger partial charge in [0, 0.05) is 6.42 Å². The first-order chi connectivity index (χ1) is 4.81. The minimum absolute atomic E-state index is 0.673. The molecule has 0 aromatic rings. The van der Waals surface area contributed by atoms with E-state index in [-0.39, 0.29) is 0 Å². The van der Waals surface area contributed by atoms with Gasteiger partial charge >= 0.3 is 0 Å². The molecule has 0 unspecified atom stereocenters. The molecular formula is C9H16O. The summed E-state index contributed by atoms with van der Waals surface area (Å²) in [6.45, 7) is 4.24. The Morgan fingerprint density at radius 2 is 2.10 bits per heavy atom. The standard InChI is InChI=1S/C9H16O/c1-3-4-6-9(2)7-5-8-10/h6,8H,3-5,7H2,1-2H3. The Balaban J connectivity index is 3.38. The maximum atomic E-state index is 9.96. The van der Waals surface area contributed by atoms with Gasteiger partial charge in [-0.1, -0.05) is 25.0 Å². The van der Waals surface area contributed by atoms with Crippen LogP contribution in [0.4, 0.5) is 0 Å². The third-order valence-electron chi connectivity index (χ3n) is 1.44. The summed E-state index contributed by atoms with van der Waals surface area (Å²) in [7, 11) is 0. The molecule has 0 bridgehead atoms. The van der Waals surface area contributed by atoms with Gasteiger partial charge in [0.15, 0.2) is 0 Å².